The van der Waals surface area contributed by atoms with Crippen molar-refractivity contribution in [2.45, 2.75) is 75.9 Å². The van der Waals surface area contributed by atoms with Gasteiger partial charge in [-0.25, -0.2) is 0 Å². The molecule has 0 amide bonds. The maximum absolute atomic E-state index is 6.30. The fourth-order valence-electron chi connectivity index (χ4n) is 2.83. The summed E-state index contributed by atoms with van der Waals surface area (Å²) in [6.45, 7) is 2.26. The van der Waals surface area contributed by atoms with Crippen molar-refractivity contribution in [3.05, 3.63) is 0 Å². The molecule has 3 unspecified atom stereocenters. The minimum atomic E-state index is 0.340. The van der Waals surface area contributed by atoms with E-state index in [1.54, 1.807) is 0 Å². The molecule has 0 spiro atoms. The number of alkyl halides is 1. The van der Waals surface area contributed by atoms with Crippen LogP contribution < -0.4 is 0 Å². The van der Waals surface area contributed by atoms with Crippen LogP contribution in [0.3, 0.4) is 0 Å². The van der Waals surface area contributed by atoms with Crippen LogP contribution in [0.25, 0.3) is 0 Å². The third kappa shape index (κ3) is 3.35. The van der Waals surface area contributed by atoms with Gasteiger partial charge in [-0.3, -0.25) is 0 Å². The molecule has 0 aromatic heterocycles. The number of rotatable bonds is 2. The van der Waals surface area contributed by atoms with Gasteiger partial charge in [0, 0.05) is 5.38 Å². The van der Waals surface area contributed by atoms with Gasteiger partial charge in [-0.1, -0.05) is 26.2 Å². The van der Waals surface area contributed by atoms with Gasteiger partial charge in [0.1, 0.15) is 0 Å². The monoisotopic (exact) mass is 230 g/mol. The van der Waals surface area contributed by atoms with E-state index in [0.717, 1.165) is 6.42 Å². The van der Waals surface area contributed by atoms with Crippen LogP contribution in [-0.4, -0.2) is 17.6 Å². The molecule has 3 atom stereocenters. The van der Waals surface area contributed by atoms with Gasteiger partial charge in [-0.05, 0) is 38.0 Å². The van der Waals surface area contributed by atoms with Crippen molar-refractivity contribution in [1.29, 1.82) is 0 Å². The van der Waals surface area contributed by atoms with Crippen LogP contribution in [0.5, 0.6) is 0 Å². The summed E-state index contributed by atoms with van der Waals surface area (Å²) in [6, 6.07) is 0. The third-order valence-corrected chi connectivity index (χ3v) is 4.59. The molecule has 0 bridgehead atoms. The van der Waals surface area contributed by atoms with Crippen LogP contribution in [0.2, 0.25) is 0 Å². The van der Waals surface area contributed by atoms with Crippen molar-refractivity contribution >= 4 is 11.6 Å². The van der Waals surface area contributed by atoms with Crippen LogP contribution in [0.1, 0.15) is 58.3 Å². The van der Waals surface area contributed by atoms with Crippen LogP contribution in [-0.2, 0) is 4.74 Å². The van der Waals surface area contributed by atoms with E-state index >= 15 is 0 Å². The molecule has 2 rings (SSSR count). The molecule has 2 aliphatic rings. The average Bonchev–Trinajstić information content (AvgIpc) is 2.25. The van der Waals surface area contributed by atoms with Gasteiger partial charge in [0.05, 0.1) is 12.2 Å². The maximum Gasteiger partial charge on any atom is 0.0593 e. The van der Waals surface area contributed by atoms with E-state index < -0.39 is 0 Å². The molecule has 0 aliphatic heterocycles. The molecular formula is C13H23ClO. The number of halogens is 1. The Morgan fingerprint density at radius 3 is 2.33 bits per heavy atom. The summed E-state index contributed by atoms with van der Waals surface area (Å²) in [5.74, 6) is 0.679. The second-order valence-electron chi connectivity index (χ2n) is 5.32. The van der Waals surface area contributed by atoms with Crippen LogP contribution in [0.15, 0.2) is 0 Å². The summed E-state index contributed by atoms with van der Waals surface area (Å²) in [4.78, 5) is 0. The number of hydrogen-bond donors (Lipinski definition) is 0. The van der Waals surface area contributed by atoms with Gasteiger partial charge in [0.2, 0.25) is 0 Å². The fraction of sp³-hybridized carbons (Fsp3) is 1.00. The van der Waals surface area contributed by atoms with E-state index in [1.807, 2.05) is 0 Å². The molecule has 2 saturated carbocycles. The Hall–Kier alpha value is 0.250. The van der Waals surface area contributed by atoms with Crippen molar-refractivity contribution in [1.82, 2.24) is 0 Å². The molecule has 0 aromatic carbocycles. The summed E-state index contributed by atoms with van der Waals surface area (Å²) in [7, 11) is 0. The first-order valence-electron chi connectivity index (χ1n) is 6.55. The Kier molecular flexibility index (Phi) is 4.33. The standard InChI is InChI=1S/C13H23ClO/c1-10-7-8-12(9-13(10)14)15-11-5-3-2-4-6-11/h10-13H,2-9H2,1H3. The minimum absolute atomic E-state index is 0.340. The van der Waals surface area contributed by atoms with Crippen molar-refractivity contribution in [2.75, 3.05) is 0 Å². The summed E-state index contributed by atoms with van der Waals surface area (Å²) < 4.78 is 6.17. The van der Waals surface area contributed by atoms with E-state index in [1.165, 1.54) is 44.9 Å². The third-order valence-electron chi connectivity index (χ3n) is 3.99. The number of ether oxygens (including phenoxy) is 1. The van der Waals surface area contributed by atoms with Crippen LogP contribution in [0, 0.1) is 5.92 Å². The highest BCUT2D eigenvalue weighted by Crippen LogP contribution is 2.32. The predicted molar refractivity (Wildman–Crippen MR) is 64.4 cm³/mol. The predicted octanol–water partition coefficient (Wildman–Crippen LogP) is 4.13. The first-order valence-corrected chi connectivity index (χ1v) is 6.99. The quantitative estimate of drug-likeness (QED) is 0.649. The molecule has 88 valence electrons. The molecule has 2 fully saturated rings. The smallest absolute Gasteiger partial charge is 0.0593 e. The van der Waals surface area contributed by atoms with Gasteiger partial charge in [0.25, 0.3) is 0 Å². The molecule has 0 saturated heterocycles. The Labute approximate surface area is 98.5 Å². The SMILES string of the molecule is CC1CCC(OC2CCCCC2)CC1Cl. The van der Waals surface area contributed by atoms with E-state index in [4.69, 9.17) is 16.3 Å². The van der Waals surface area contributed by atoms with E-state index in [0.29, 0.717) is 23.5 Å². The van der Waals surface area contributed by atoms with Crippen molar-refractivity contribution in [3.8, 4) is 0 Å². The van der Waals surface area contributed by atoms with Gasteiger partial charge < -0.3 is 4.74 Å². The summed E-state index contributed by atoms with van der Waals surface area (Å²) in [5.41, 5.74) is 0. The lowest BCUT2D eigenvalue weighted by molar-refractivity contribution is -0.0490. The summed E-state index contributed by atoms with van der Waals surface area (Å²) in [5, 5.41) is 0.340. The summed E-state index contributed by atoms with van der Waals surface area (Å²) >= 11 is 6.30. The number of hydrogen-bond acceptors (Lipinski definition) is 1. The Morgan fingerprint density at radius 2 is 1.67 bits per heavy atom. The zero-order valence-corrected chi connectivity index (χ0v) is 10.5. The van der Waals surface area contributed by atoms with Crippen LogP contribution in [0.4, 0.5) is 0 Å². The zero-order chi connectivity index (χ0) is 10.7. The topological polar surface area (TPSA) is 9.23 Å². The highest BCUT2D eigenvalue weighted by molar-refractivity contribution is 6.20. The molecule has 0 aromatic rings. The van der Waals surface area contributed by atoms with Crippen LogP contribution >= 0.6 is 11.6 Å². The fourth-order valence-corrected chi connectivity index (χ4v) is 3.15. The van der Waals surface area contributed by atoms with E-state index in [2.05, 4.69) is 6.92 Å². The van der Waals surface area contributed by atoms with E-state index in [-0.39, 0.29) is 0 Å². The molecular weight excluding hydrogens is 208 g/mol. The molecule has 0 N–H and O–H groups in total. The second kappa shape index (κ2) is 5.54. The first-order chi connectivity index (χ1) is 7.25. The molecule has 0 heterocycles. The minimum Gasteiger partial charge on any atom is -0.375 e. The van der Waals surface area contributed by atoms with Crippen molar-refractivity contribution in [3.63, 3.8) is 0 Å². The molecule has 2 heteroatoms. The van der Waals surface area contributed by atoms with Gasteiger partial charge in [-0.15, -0.1) is 11.6 Å². The first kappa shape index (κ1) is 11.7. The Bertz CT molecular complexity index is 189. The Morgan fingerprint density at radius 1 is 0.933 bits per heavy atom. The van der Waals surface area contributed by atoms with Gasteiger partial charge in [0.15, 0.2) is 0 Å². The van der Waals surface area contributed by atoms with Crippen molar-refractivity contribution < 1.29 is 4.74 Å². The highest BCUT2D eigenvalue weighted by Gasteiger charge is 2.28. The largest absolute Gasteiger partial charge is 0.375 e. The van der Waals surface area contributed by atoms with Gasteiger partial charge >= 0.3 is 0 Å². The maximum atomic E-state index is 6.30. The molecule has 15 heavy (non-hydrogen) atoms. The zero-order valence-electron chi connectivity index (χ0n) is 9.75. The molecule has 1 nitrogen and oxygen atoms in total. The molecule has 0 radical (unpaired) electrons. The summed E-state index contributed by atoms with van der Waals surface area (Å²) in [6.07, 6.45) is 11.2. The lowest BCUT2D eigenvalue weighted by atomic mass is 9.88. The highest BCUT2D eigenvalue weighted by atomic mass is 35.5. The van der Waals surface area contributed by atoms with E-state index in [9.17, 15) is 0 Å². The Balaban J connectivity index is 1.74. The lowest BCUT2D eigenvalue weighted by Crippen LogP contribution is -2.32. The second-order valence-corrected chi connectivity index (χ2v) is 5.89. The van der Waals surface area contributed by atoms with Gasteiger partial charge in [-0.2, -0.15) is 0 Å². The average molecular weight is 231 g/mol. The molecule has 2 aliphatic carbocycles. The lowest BCUT2D eigenvalue weighted by Gasteiger charge is -2.34. The normalized spacial score (nSPS) is 39.2. The van der Waals surface area contributed by atoms with Crippen molar-refractivity contribution in [2.24, 2.45) is 5.92 Å².